The Hall–Kier alpha value is -0.710. The summed E-state index contributed by atoms with van der Waals surface area (Å²) in [6, 6.07) is -0.286. The molecule has 0 aromatic rings. The number of thioether (sulfide) groups is 1. The van der Waals surface area contributed by atoms with Crippen molar-refractivity contribution in [1.29, 1.82) is 0 Å². The van der Waals surface area contributed by atoms with E-state index in [1.165, 1.54) is 0 Å². The van der Waals surface area contributed by atoms with Gasteiger partial charge in [0.15, 0.2) is 0 Å². The van der Waals surface area contributed by atoms with Gasteiger partial charge in [-0.25, -0.2) is 0 Å². The third-order valence-electron chi connectivity index (χ3n) is 4.60. The van der Waals surface area contributed by atoms with Gasteiger partial charge in [-0.15, -0.1) is 0 Å². The van der Waals surface area contributed by atoms with Gasteiger partial charge < -0.3 is 10.2 Å². The quantitative estimate of drug-likeness (QED) is 0.734. The highest BCUT2D eigenvalue weighted by Gasteiger charge is 2.55. The van der Waals surface area contributed by atoms with E-state index in [1.807, 2.05) is 11.8 Å². The summed E-state index contributed by atoms with van der Waals surface area (Å²) in [6.07, 6.45) is 5.88. The maximum absolute atomic E-state index is 13.0. The van der Waals surface area contributed by atoms with E-state index in [0.717, 1.165) is 31.4 Å². The number of carbonyl (C=O) groups is 2. The van der Waals surface area contributed by atoms with Crippen molar-refractivity contribution in [3.05, 3.63) is 0 Å². The first kappa shape index (κ1) is 16.7. The number of amides is 2. The first-order chi connectivity index (χ1) is 9.90. The van der Waals surface area contributed by atoms with Gasteiger partial charge in [0, 0.05) is 6.54 Å². The summed E-state index contributed by atoms with van der Waals surface area (Å²) < 4.78 is 0. The van der Waals surface area contributed by atoms with Crippen molar-refractivity contribution in [2.75, 3.05) is 18.6 Å². The van der Waals surface area contributed by atoms with Crippen LogP contribution in [-0.4, -0.2) is 46.8 Å². The summed E-state index contributed by atoms with van der Waals surface area (Å²) in [4.78, 5) is 27.4. The second-order valence-corrected chi connectivity index (χ2v) is 7.94. The van der Waals surface area contributed by atoms with Crippen LogP contribution < -0.4 is 5.32 Å². The lowest BCUT2D eigenvalue weighted by Crippen LogP contribution is -2.70. The Balaban J connectivity index is 2.16. The van der Waals surface area contributed by atoms with Crippen LogP contribution in [-0.2, 0) is 9.59 Å². The molecular formula is C16H28N2O2S. The molecule has 0 bridgehead atoms. The standard InChI is InChI=1S/C16H28N2O2S/c1-11(2)10-13-14(19)17-16(3,12-6-7-12)15(20)18(13)8-5-9-21-4/h11-13H,5-10H2,1-4H3,(H,17,19). The molecule has 2 fully saturated rings. The van der Waals surface area contributed by atoms with Crippen molar-refractivity contribution in [2.24, 2.45) is 11.8 Å². The van der Waals surface area contributed by atoms with Crippen LogP contribution in [0.3, 0.4) is 0 Å². The van der Waals surface area contributed by atoms with Crippen LogP contribution in [0.2, 0.25) is 0 Å². The Labute approximate surface area is 132 Å². The van der Waals surface area contributed by atoms with E-state index in [1.54, 1.807) is 11.8 Å². The molecule has 2 atom stereocenters. The molecule has 2 rings (SSSR count). The highest BCUT2D eigenvalue weighted by Crippen LogP contribution is 2.42. The Morgan fingerprint density at radius 1 is 1.38 bits per heavy atom. The minimum Gasteiger partial charge on any atom is -0.340 e. The zero-order chi connectivity index (χ0) is 15.6. The van der Waals surface area contributed by atoms with Gasteiger partial charge in [0.25, 0.3) is 0 Å². The van der Waals surface area contributed by atoms with E-state index < -0.39 is 5.54 Å². The normalized spacial score (nSPS) is 30.0. The summed E-state index contributed by atoms with van der Waals surface area (Å²) in [6.45, 7) is 6.82. The summed E-state index contributed by atoms with van der Waals surface area (Å²) in [5.41, 5.74) is -0.663. The van der Waals surface area contributed by atoms with E-state index in [0.29, 0.717) is 18.4 Å². The first-order valence-electron chi connectivity index (χ1n) is 8.02. The lowest BCUT2D eigenvalue weighted by atomic mass is 9.87. The second-order valence-electron chi connectivity index (χ2n) is 6.96. The number of nitrogens with one attached hydrogen (secondary N) is 1. The number of nitrogens with zero attached hydrogens (tertiary/aromatic N) is 1. The number of hydrogen-bond acceptors (Lipinski definition) is 3. The monoisotopic (exact) mass is 312 g/mol. The molecule has 120 valence electrons. The van der Waals surface area contributed by atoms with Crippen molar-refractivity contribution in [3.63, 3.8) is 0 Å². The fraction of sp³-hybridized carbons (Fsp3) is 0.875. The van der Waals surface area contributed by atoms with Crippen LogP contribution in [0.1, 0.15) is 46.5 Å². The number of hydrogen-bond donors (Lipinski definition) is 1. The first-order valence-corrected chi connectivity index (χ1v) is 9.41. The number of piperazine rings is 1. The van der Waals surface area contributed by atoms with Crippen molar-refractivity contribution < 1.29 is 9.59 Å². The molecule has 1 saturated heterocycles. The van der Waals surface area contributed by atoms with Crippen LogP contribution in [0.25, 0.3) is 0 Å². The largest absolute Gasteiger partial charge is 0.340 e. The molecule has 5 heteroatoms. The second kappa shape index (κ2) is 6.59. The minimum atomic E-state index is -0.663. The minimum absolute atomic E-state index is 0.0434. The van der Waals surface area contributed by atoms with E-state index >= 15 is 0 Å². The zero-order valence-corrected chi connectivity index (χ0v) is 14.5. The van der Waals surface area contributed by atoms with E-state index in [9.17, 15) is 9.59 Å². The Bertz CT molecular complexity index is 409. The average molecular weight is 312 g/mol. The predicted octanol–water partition coefficient (Wildman–Crippen LogP) is 2.28. The van der Waals surface area contributed by atoms with Gasteiger partial charge in [-0.05, 0) is 56.5 Å². The van der Waals surface area contributed by atoms with E-state index in [-0.39, 0.29) is 17.9 Å². The lowest BCUT2D eigenvalue weighted by molar-refractivity contribution is -0.156. The molecule has 21 heavy (non-hydrogen) atoms. The molecule has 2 aliphatic rings. The summed E-state index contributed by atoms with van der Waals surface area (Å²) >= 11 is 1.79. The molecular weight excluding hydrogens is 284 g/mol. The molecule has 0 radical (unpaired) electrons. The highest BCUT2D eigenvalue weighted by molar-refractivity contribution is 7.98. The van der Waals surface area contributed by atoms with Crippen LogP contribution in [0, 0.1) is 11.8 Å². The fourth-order valence-electron chi connectivity index (χ4n) is 3.23. The van der Waals surface area contributed by atoms with Crippen LogP contribution in [0.15, 0.2) is 0 Å². The zero-order valence-electron chi connectivity index (χ0n) is 13.6. The molecule has 1 heterocycles. The molecule has 4 nitrogen and oxygen atoms in total. The molecule has 2 unspecified atom stereocenters. The predicted molar refractivity (Wildman–Crippen MR) is 87.2 cm³/mol. The van der Waals surface area contributed by atoms with Gasteiger partial charge in [0.1, 0.15) is 11.6 Å². The van der Waals surface area contributed by atoms with Gasteiger partial charge >= 0.3 is 0 Å². The average Bonchev–Trinajstić information content (AvgIpc) is 3.23. The molecule has 1 aliphatic heterocycles. The fourth-order valence-corrected chi connectivity index (χ4v) is 3.65. The third-order valence-corrected chi connectivity index (χ3v) is 5.30. The van der Waals surface area contributed by atoms with Crippen LogP contribution >= 0.6 is 11.8 Å². The van der Waals surface area contributed by atoms with Gasteiger partial charge in [-0.3, -0.25) is 9.59 Å². The van der Waals surface area contributed by atoms with Crippen LogP contribution in [0.5, 0.6) is 0 Å². The van der Waals surface area contributed by atoms with Crippen molar-refractivity contribution in [1.82, 2.24) is 10.2 Å². The molecule has 2 amide bonds. The smallest absolute Gasteiger partial charge is 0.249 e. The topological polar surface area (TPSA) is 49.4 Å². The van der Waals surface area contributed by atoms with Crippen molar-refractivity contribution >= 4 is 23.6 Å². The summed E-state index contributed by atoms with van der Waals surface area (Å²) in [5, 5.41) is 3.04. The highest BCUT2D eigenvalue weighted by atomic mass is 32.2. The Morgan fingerprint density at radius 2 is 2.05 bits per heavy atom. The number of rotatable bonds is 7. The summed E-state index contributed by atoms with van der Waals surface area (Å²) in [5.74, 6) is 1.94. The van der Waals surface area contributed by atoms with Gasteiger partial charge in [-0.2, -0.15) is 11.8 Å². The van der Waals surface area contributed by atoms with E-state index in [4.69, 9.17) is 0 Å². The van der Waals surface area contributed by atoms with Crippen molar-refractivity contribution in [3.8, 4) is 0 Å². The van der Waals surface area contributed by atoms with Crippen LogP contribution in [0.4, 0.5) is 0 Å². The lowest BCUT2D eigenvalue weighted by Gasteiger charge is -2.45. The maximum Gasteiger partial charge on any atom is 0.249 e. The Morgan fingerprint density at radius 3 is 2.57 bits per heavy atom. The molecule has 0 spiro atoms. The Kier molecular flexibility index (Phi) is 5.23. The van der Waals surface area contributed by atoms with E-state index in [2.05, 4.69) is 25.4 Å². The van der Waals surface area contributed by atoms with Gasteiger partial charge in [0.05, 0.1) is 0 Å². The third kappa shape index (κ3) is 3.55. The molecule has 1 aliphatic carbocycles. The molecule has 0 aromatic carbocycles. The molecule has 0 aromatic heterocycles. The van der Waals surface area contributed by atoms with Gasteiger partial charge in [0.2, 0.25) is 11.8 Å². The molecule has 1 saturated carbocycles. The molecule has 1 N–H and O–H groups in total. The summed E-state index contributed by atoms with van der Waals surface area (Å²) in [7, 11) is 0. The maximum atomic E-state index is 13.0. The SMILES string of the molecule is CSCCCN1C(=O)C(C)(C2CC2)NC(=O)C1CC(C)C. The van der Waals surface area contributed by atoms with Crippen molar-refractivity contribution in [2.45, 2.75) is 58.0 Å². The number of carbonyl (C=O) groups excluding carboxylic acids is 2. The van der Waals surface area contributed by atoms with Gasteiger partial charge in [-0.1, -0.05) is 13.8 Å².